The van der Waals surface area contributed by atoms with Gasteiger partial charge >= 0.3 is 0 Å². The van der Waals surface area contributed by atoms with Crippen LogP contribution in [0.5, 0.6) is 5.75 Å². The molecule has 4 rings (SSSR count). The van der Waals surface area contributed by atoms with Crippen molar-refractivity contribution in [1.29, 1.82) is 0 Å². The molecule has 4 aromatic rings. The molecule has 9 heteroatoms. The Balaban J connectivity index is 1.61. The molecule has 2 aromatic heterocycles. The van der Waals surface area contributed by atoms with Crippen molar-refractivity contribution >= 4 is 11.6 Å². The largest absolute Gasteiger partial charge is 0.497 e. The summed E-state index contributed by atoms with van der Waals surface area (Å²) in [5.74, 6) is 0.362. The second-order valence-corrected chi connectivity index (χ2v) is 8.04. The standard InChI is InChI=1S/C24H24ClFN4O3/c1-15-10-21(29(2)27-15)24(31)22-12-23(25)28-30(22)20-9-6-18(26)11-17(20)14-33-13-16-4-7-19(32-3)8-5-16/h4-12,24,31H,13-14H2,1-3H3. The van der Waals surface area contributed by atoms with Gasteiger partial charge in [-0.1, -0.05) is 23.7 Å². The van der Waals surface area contributed by atoms with Gasteiger partial charge in [0, 0.05) is 18.7 Å². The zero-order chi connectivity index (χ0) is 23.5. The molecule has 2 heterocycles. The van der Waals surface area contributed by atoms with Crippen LogP contribution >= 0.6 is 11.6 Å². The number of halogens is 2. The summed E-state index contributed by atoms with van der Waals surface area (Å²) in [5.41, 5.74) is 3.89. The highest BCUT2D eigenvalue weighted by atomic mass is 35.5. The molecule has 172 valence electrons. The zero-order valence-electron chi connectivity index (χ0n) is 18.5. The highest BCUT2D eigenvalue weighted by Gasteiger charge is 2.23. The Morgan fingerprint density at radius 2 is 1.79 bits per heavy atom. The first-order valence-corrected chi connectivity index (χ1v) is 10.7. The van der Waals surface area contributed by atoms with E-state index in [1.54, 1.807) is 37.0 Å². The molecule has 1 N–H and O–H groups in total. The lowest BCUT2D eigenvalue weighted by molar-refractivity contribution is 0.106. The summed E-state index contributed by atoms with van der Waals surface area (Å²) in [5, 5.41) is 19.9. The lowest BCUT2D eigenvalue weighted by atomic mass is 10.1. The Hall–Kier alpha value is -3.20. The summed E-state index contributed by atoms with van der Waals surface area (Å²) >= 11 is 6.20. The zero-order valence-corrected chi connectivity index (χ0v) is 19.3. The van der Waals surface area contributed by atoms with Crippen molar-refractivity contribution in [3.63, 3.8) is 0 Å². The highest BCUT2D eigenvalue weighted by Crippen LogP contribution is 2.29. The number of aromatic nitrogens is 4. The minimum atomic E-state index is -1.03. The lowest BCUT2D eigenvalue weighted by Gasteiger charge is -2.16. The maximum Gasteiger partial charge on any atom is 0.151 e. The van der Waals surface area contributed by atoms with E-state index in [1.807, 2.05) is 31.2 Å². The van der Waals surface area contributed by atoms with E-state index in [-0.39, 0.29) is 11.8 Å². The Morgan fingerprint density at radius 1 is 1.03 bits per heavy atom. The molecular weight excluding hydrogens is 447 g/mol. The number of hydrogen-bond acceptors (Lipinski definition) is 5. The predicted molar refractivity (Wildman–Crippen MR) is 122 cm³/mol. The first-order valence-electron chi connectivity index (χ1n) is 10.3. The van der Waals surface area contributed by atoms with Crippen LogP contribution < -0.4 is 4.74 Å². The molecule has 0 radical (unpaired) electrons. The van der Waals surface area contributed by atoms with Crippen LogP contribution in [0.2, 0.25) is 5.15 Å². The van der Waals surface area contributed by atoms with E-state index in [9.17, 15) is 9.50 Å². The number of benzene rings is 2. The minimum absolute atomic E-state index is 0.136. The Morgan fingerprint density at radius 3 is 2.45 bits per heavy atom. The second-order valence-electron chi connectivity index (χ2n) is 7.65. The molecule has 2 aromatic carbocycles. The van der Waals surface area contributed by atoms with Gasteiger partial charge in [0.15, 0.2) is 5.15 Å². The molecular formula is C24H24ClFN4O3. The van der Waals surface area contributed by atoms with Gasteiger partial charge in [-0.25, -0.2) is 9.07 Å². The van der Waals surface area contributed by atoms with E-state index in [0.29, 0.717) is 29.2 Å². The molecule has 0 aliphatic carbocycles. The van der Waals surface area contributed by atoms with Crippen molar-refractivity contribution in [2.24, 2.45) is 7.05 Å². The Kier molecular flexibility index (Phi) is 6.78. The van der Waals surface area contributed by atoms with Crippen LogP contribution in [0.3, 0.4) is 0 Å². The number of nitrogens with zero attached hydrogens (tertiary/aromatic N) is 4. The third-order valence-corrected chi connectivity index (χ3v) is 5.45. The van der Waals surface area contributed by atoms with Crippen molar-refractivity contribution in [1.82, 2.24) is 19.6 Å². The molecule has 7 nitrogen and oxygen atoms in total. The lowest BCUT2D eigenvalue weighted by Crippen LogP contribution is -2.13. The van der Waals surface area contributed by atoms with Gasteiger partial charge in [-0.05, 0) is 48.9 Å². The van der Waals surface area contributed by atoms with Gasteiger partial charge in [-0.15, -0.1) is 0 Å². The number of hydrogen-bond donors (Lipinski definition) is 1. The summed E-state index contributed by atoms with van der Waals surface area (Å²) in [6.07, 6.45) is -1.03. The summed E-state index contributed by atoms with van der Waals surface area (Å²) in [7, 11) is 3.36. The van der Waals surface area contributed by atoms with Gasteiger partial charge < -0.3 is 14.6 Å². The van der Waals surface area contributed by atoms with E-state index in [0.717, 1.165) is 17.0 Å². The van der Waals surface area contributed by atoms with Gasteiger partial charge in [-0.2, -0.15) is 10.2 Å². The van der Waals surface area contributed by atoms with Crippen LogP contribution in [0, 0.1) is 12.7 Å². The normalized spacial score (nSPS) is 12.2. The second kappa shape index (κ2) is 9.74. The maximum atomic E-state index is 14.1. The van der Waals surface area contributed by atoms with Crippen LogP contribution in [0.1, 0.15) is 34.3 Å². The molecule has 33 heavy (non-hydrogen) atoms. The fourth-order valence-corrected chi connectivity index (χ4v) is 3.86. The molecule has 0 fully saturated rings. The van der Waals surface area contributed by atoms with E-state index >= 15 is 0 Å². The van der Waals surface area contributed by atoms with Crippen LogP contribution in [-0.2, 0) is 25.0 Å². The molecule has 0 saturated heterocycles. The number of ether oxygens (including phenoxy) is 2. The molecule has 0 aliphatic heterocycles. The molecule has 0 aliphatic rings. The monoisotopic (exact) mass is 470 g/mol. The van der Waals surface area contributed by atoms with Crippen molar-refractivity contribution in [3.05, 3.63) is 93.8 Å². The first-order chi connectivity index (χ1) is 15.9. The highest BCUT2D eigenvalue weighted by molar-refractivity contribution is 6.29. The molecule has 0 amide bonds. The van der Waals surface area contributed by atoms with Gasteiger partial charge in [0.25, 0.3) is 0 Å². The van der Waals surface area contributed by atoms with Crippen LogP contribution in [0.4, 0.5) is 4.39 Å². The van der Waals surface area contributed by atoms with Crippen molar-refractivity contribution < 1.29 is 19.0 Å². The van der Waals surface area contributed by atoms with Gasteiger partial charge in [0.1, 0.15) is 17.7 Å². The third kappa shape index (κ3) is 5.08. The predicted octanol–water partition coefficient (Wildman–Crippen LogP) is 4.51. The average molecular weight is 471 g/mol. The number of methoxy groups -OCH3 is 1. The molecule has 1 unspecified atom stereocenters. The summed E-state index contributed by atoms with van der Waals surface area (Å²) < 4.78 is 28.2. The van der Waals surface area contributed by atoms with Gasteiger partial charge in [-0.3, -0.25) is 4.68 Å². The SMILES string of the molecule is COc1ccc(COCc2cc(F)ccc2-n2nc(Cl)cc2C(O)c2cc(C)nn2C)cc1. The molecule has 1 atom stereocenters. The van der Waals surface area contributed by atoms with Crippen LogP contribution in [0.15, 0.2) is 54.6 Å². The Labute approximate surface area is 195 Å². The van der Waals surface area contributed by atoms with Gasteiger partial charge in [0.05, 0.1) is 43.1 Å². The fourth-order valence-electron chi connectivity index (χ4n) is 3.67. The number of aliphatic hydroxyl groups is 1. The quantitative estimate of drug-likeness (QED) is 0.410. The molecule has 0 spiro atoms. The third-order valence-electron chi connectivity index (χ3n) is 5.26. The van der Waals surface area contributed by atoms with Crippen LogP contribution in [-0.4, -0.2) is 31.8 Å². The maximum absolute atomic E-state index is 14.1. The van der Waals surface area contributed by atoms with E-state index < -0.39 is 11.9 Å². The molecule has 0 saturated carbocycles. The number of rotatable bonds is 8. The van der Waals surface area contributed by atoms with E-state index in [2.05, 4.69) is 10.2 Å². The van der Waals surface area contributed by atoms with E-state index in [4.69, 9.17) is 21.1 Å². The molecule has 0 bridgehead atoms. The van der Waals surface area contributed by atoms with Crippen molar-refractivity contribution in [2.45, 2.75) is 26.2 Å². The van der Waals surface area contributed by atoms with Crippen LogP contribution in [0.25, 0.3) is 5.69 Å². The van der Waals surface area contributed by atoms with Gasteiger partial charge in [0.2, 0.25) is 0 Å². The minimum Gasteiger partial charge on any atom is -0.497 e. The fraction of sp³-hybridized carbons (Fsp3) is 0.250. The van der Waals surface area contributed by atoms with E-state index in [1.165, 1.54) is 16.8 Å². The first kappa shape index (κ1) is 23.0. The van der Waals surface area contributed by atoms with Crippen molar-refractivity contribution in [3.8, 4) is 11.4 Å². The number of aliphatic hydroxyl groups excluding tert-OH is 1. The Bertz CT molecular complexity index is 1250. The summed E-state index contributed by atoms with van der Waals surface area (Å²) in [4.78, 5) is 0. The van der Waals surface area contributed by atoms with Crippen molar-refractivity contribution in [2.75, 3.05) is 7.11 Å². The smallest absolute Gasteiger partial charge is 0.151 e. The average Bonchev–Trinajstić information content (AvgIpc) is 3.35. The topological polar surface area (TPSA) is 74.3 Å². The number of aryl methyl sites for hydroxylation is 2. The summed E-state index contributed by atoms with van der Waals surface area (Å²) in [6.45, 7) is 2.32. The summed E-state index contributed by atoms with van der Waals surface area (Å²) in [6, 6.07) is 15.2.